The van der Waals surface area contributed by atoms with Crippen LogP contribution in [-0.2, 0) is 65.4 Å². The van der Waals surface area contributed by atoms with Crippen LogP contribution in [0.3, 0.4) is 0 Å². The molecule has 4 unspecified atom stereocenters. The van der Waals surface area contributed by atoms with Crippen molar-refractivity contribution >= 4 is 39.5 Å². The Balaban J connectivity index is 5.27. The lowest BCUT2D eigenvalue weighted by atomic mass is 10.00. The van der Waals surface area contributed by atoms with Crippen LogP contribution in [0, 0.1) is 23.7 Å². The first kappa shape index (κ1) is 80.1. The maximum Gasteiger partial charge on any atom is 0.472 e. The molecule has 0 aliphatic carbocycles. The van der Waals surface area contributed by atoms with E-state index in [2.05, 4.69) is 55.4 Å². The molecule has 0 fully saturated rings. The van der Waals surface area contributed by atoms with E-state index in [-0.39, 0.29) is 25.7 Å². The molecule has 0 saturated carbocycles. The maximum atomic E-state index is 13.0. The number of unbranched alkanes of at least 4 members (excludes halogenated alkanes) is 24. The number of rotatable bonds is 60. The van der Waals surface area contributed by atoms with Crippen molar-refractivity contribution in [3.8, 4) is 0 Å². The highest BCUT2D eigenvalue weighted by atomic mass is 31.2. The lowest BCUT2D eigenvalue weighted by Gasteiger charge is -2.21. The predicted molar refractivity (Wildman–Crippen MR) is 326 cm³/mol. The first-order valence-electron chi connectivity index (χ1n) is 32.8. The highest BCUT2D eigenvalue weighted by Crippen LogP contribution is 2.45. The average molecular weight is 1210 g/mol. The molecule has 0 amide bonds. The van der Waals surface area contributed by atoms with Crippen molar-refractivity contribution in [1.82, 2.24) is 0 Å². The van der Waals surface area contributed by atoms with Crippen LogP contribution in [0.5, 0.6) is 0 Å². The van der Waals surface area contributed by atoms with Gasteiger partial charge in [-0.25, -0.2) is 9.13 Å². The number of hydrogen-bond acceptors (Lipinski definition) is 15. The van der Waals surface area contributed by atoms with Gasteiger partial charge in [0.1, 0.15) is 19.3 Å². The molecule has 0 radical (unpaired) electrons. The van der Waals surface area contributed by atoms with Crippen LogP contribution in [0.25, 0.3) is 0 Å². The second-order valence-electron chi connectivity index (χ2n) is 24.2. The molecule has 486 valence electrons. The van der Waals surface area contributed by atoms with Crippen molar-refractivity contribution in [1.29, 1.82) is 0 Å². The summed E-state index contributed by atoms with van der Waals surface area (Å²) in [5.74, 6) is 0.751. The Kier molecular flexibility index (Phi) is 52.0. The van der Waals surface area contributed by atoms with Gasteiger partial charge in [-0.2, -0.15) is 0 Å². The number of aliphatic hydroxyl groups is 1. The van der Waals surface area contributed by atoms with Gasteiger partial charge in [0.2, 0.25) is 0 Å². The van der Waals surface area contributed by atoms with E-state index in [1.807, 2.05) is 0 Å². The van der Waals surface area contributed by atoms with Crippen LogP contribution in [0.15, 0.2) is 0 Å². The predicted octanol–water partition coefficient (Wildman–Crippen LogP) is 17.0. The number of esters is 4. The van der Waals surface area contributed by atoms with Crippen LogP contribution in [0.2, 0.25) is 0 Å². The minimum atomic E-state index is -4.94. The lowest BCUT2D eigenvalue weighted by Crippen LogP contribution is -2.30. The third kappa shape index (κ3) is 54.7. The molecule has 17 nitrogen and oxygen atoms in total. The van der Waals surface area contributed by atoms with Crippen LogP contribution >= 0.6 is 15.6 Å². The van der Waals surface area contributed by atoms with E-state index < -0.39 is 97.5 Å². The summed E-state index contributed by atoms with van der Waals surface area (Å²) in [7, 11) is -9.89. The lowest BCUT2D eigenvalue weighted by molar-refractivity contribution is -0.161. The Morgan fingerprint density at radius 1 is 0.341 bits per heavy atom. The van der Waals surface area contributed by atoms with Gasteiger partial charge in [0, 0.05) is 25.7 Å². The van der Waals surface area contributed by atoms with Crippen molar-refractivity contribution in [2.75, 3.05) is 39.6 Å². The first-order valence-corrected chi connectivity index (χ1v) is 35.8. The second-order valence-corrected chi connectivity index (χ2v) is 27.1. The average Bonchev–Trinajstić information content (AvgIpc) is 3.45. The van der Waals surface area contributed by atoms with Crippen LogP contribution in [0.4, 0.5) is 0 Å². The third-order valence-corrected chi connectivity index (χ3v) is 16.9. The monoisotopic (exact) mass is 1210 g/mol. The molecule has 0 saturated heterocycles. The summed E-state index contributed by atoms with van der Waals surface area (Å²) in [5.41, 5.74) is 0. The van der Waals surface area contributed by atoms with Crippen LogP contribution in [0.1, 0.15) is 299 Å². The molecule has 82 heavy (non-hydrogen) atoms. The van der Waals surface area contributed by atoms with E-state index in [4.69, 9.17) is 37.0 Å². The molecule has 7 atom stereocenters. The second kappa shape index (κ2) is 53.3. The number of phosphoric ester groups is 2. The highest BCUT2D eigenvalue weighted by Gasteiger charge is 2.30. The molecule has 0 rings (SSSR count). The molecule has 0 spiro atoms. The van der Waals surface area contributed by atoms with Gasteiger partial charge in [0.25, 0.3) is 0 Å². The number of aliphatic hydroxyl groups excluding tert-OH is 1. The molecule has 0 aromatic heterocycles. The normalized spacial score (nSPS) is 15.1. The Morgan fingerprint density at radius 2 is 0.585 bits per heavy atom. The number of hydrogen-bond donors (Lipinski definition) is 3. The van der Waals surface area contributed by atoms with Gasteiger partial charge in [-0.3, -0.25) is 37.3 Å². The van der Waals surface area contributed by atoms with Crippen LogP contribution in [-0.4, -0.2) is 96.7 Å². The summed E-state index contributed by atoms with van der Waals surface area (Å²) in [6, 6.07) is 0. The van der Waals surface area contributed by atoms with E-state index in [0.29, 0.717) is 25.7 Å². The molecule has 0 heterocycles. The minimum Gasteiger partial charge on any atom is -0.462 e. The molecule has 0 aliphatic rings. The zero-order chi connectivity index (χ0) is 61.1. The fraction of sp³-hybridized carbons (Fsp3) is 0.937. The van der Waals surface area contributed by atoms with E-state index in [0.717, 1.165) is 120 Å². The quantitative estimate of drug-likeness (QED) is 0.0222. The van der Waals surface area contributed by atoms with Gasteiger partial charge in [-0.15, -0.1) is 0 Å². The summed E-state index contributed by atoms with van der Waals surface area (Å²) in [4.78, 5) is 72.1. The Morgan fingerprint density at radius 3 is 0.866 bits per heavy atom. The van der Waals surface area contributed by atoms with Crippen molar-refractivity contribution in [3.63, 3.8) is 0 Å². The molecule has 3 N–H and O–H groups in total. The molecule has 19 heteroatoms. The van der Waals surface area contributed by atoms with Gasteiger partial charge in [-0.05, 0) is 49.4 Å². The smallest absolute Gasteiger partial charge is 0.462 e. The molecular weight excluding hydrogens is 1090 g/mol. The zero-order valence-electron chi connectivity index (χ0n) is 53.1. The van der Waals surface area contributed by atoms with Gasteiger partial charge in [0.15, 0.2) is 12.2 Å². The highest BCUT2D eigenvalue weighted by molar-refractivity contribution is 7.47. The summed E-state index contributed by atoms with van der Waals surface area (Å²) in [5, 5.41) is 10.5. The largest absolute Gasteiger partial charge is 0.472 e. The van der Waals surface area contributed by atoms with E-state index in [9.17, 15) is 43.2 Å². The summed E-state index contributed by atoms with van der Waals surface area (Å²) in [6.07, 6.45) is 32.2. The first-order chi connectivity index (χ1) is 39.2. The van der Waals surface area contributed by atoms with Crippen LogP contribution < -0.4 is 0 Å². The molecule has 0 aromatic rings. The fourth-order valence-electron chi connectivity index (χ4n) is 9.19. The summed E-state index contributed by atoms with van der Waals surface area (Å²) in [6.45, 7) is 13.9. The molecule has 0 bridgehead atoms. The zero-order valence-corrected chi connectivity index (χ0v) is 54.9. The van der Waals surface area contributed by atoms with Crippen molar-refractivity contribution in [2.45, 2.75) is 318 Å². The number of ether oxygens (including phenoxy) is 4. The van der Waals surface area contributed by atoms with Crippen molar-refractivity contribution in [3.05, 3.63) is 0 Å². The Hall–Kier alpha value is -1.94. The molecule has 0 aliphatic heterocycles. The van der Waals surface area contributed by atoms with E-state index in [1.165, 1.54) is 96.3 Å². The van der Waals surface area contributed by atoms with Gasteiger partial charge in [-0.1, -0.05) is 248 Å². The standard InChI is InChI=1S/C63H122O17P2/c1-9-55(7)41-33-25-19-21-28-36-44-61(66)74-50-59(80-63(68)46-38-30-22-20-26-34-42-56(8)10-2)52-78-82(71,72)76-48-57(64)47-75-81(69,70)77-51-58(79-62(67)45-37-29-18-14-12-16-24-32-40-54(5)6)49-73-60(65)43-35-27-17-13-11-15-23-31-39-53(3)4/h53-59,64H,9-52H2,1-8H3,(H,69,70)(H,71,72)/t55?,56?,57-,58-,59-/m1/s1. The van der Waals surface area contributed by atoms with Crippen molar-refractivity contribution in [2.24, 2.45) is 23.7 Å². The van der Waals surface area contributed by atoms with E-state index >= 15 is 0 Å². The SMILES string of the molecule is CCC(C)CCCCCCCCC(=O)OC[C@H](COP(=O)(O)OC[C@H](O)COP(=O)(O)OC[C@@H](COC(=O)CCCCCCCCCCC(C)C)OC(=O)CCCCCCCCCCC(C)C)OC(=O)CCCCCCCCC(C)CC. The van der Waals surface area contributed by atoms with Crippen molar-refractivity contribution < 1.29 is 80.2 Å². The fourth-order valence-corrected chi connectivity index (χ4v) is 10.8. The Bertz CT molecular complexity index is 1650. The topological polar surface area (TPSA) is 237 Å². The molecular formula is C63H122O17P2. The van der Waals surface area contributed by atoms with E-state index in [1.54, 1.807) is 0 Å². The minimum absolute atomic E-state index is 0.101. The van der Waals surface area contributed by atoms with Gasteiger partial charge < -0.3 is 33.8 Å². The molecule has 0 aromatic carbocycles. The third-order valence-electron chi connectivity index (χ3n) is 15.0. The number of phosphoric acid groups is 2. The number of carbonyl (C=O) groups excluding carboxylic acids is 4. The van der Waals surface area contributed by atoms with Gasteiger partial charge >= 0.3 is 39.5 Å². The summed E-state index contributed by atoms with van der Waals surface area (Å²) >= 11 is 0. The summed E-state index contributed by atoms with van der Waals surface area (Å²) < 4.78 is 67.9. The Labute approximate surface area is 498 Å². The maximum absolute atomic E-state index is 13.0. The van der Waals surface area contributed by atoms with Gasteiger partial charge in [0.05, 0.1) is 26.4 Å². The number of carbonyl (C=O) groups is 4.